The normalized spacial score (nSPS) is 10.6. The van der Waals surface area contributed by atoms with E-state index in [1.54, 1.807) is 36.5 Å². The molecule has 2 aromatic carbocycles. The van der Waals surface area contributed by atoms with Gasteiger partial charge in [0.1, 0.15) is 18.2 Å². The molecular formula is C21H17ClFNO3. The van der Waals surface area contributed by atoms with Crippen molar-refractivity contribution in [2.45, 2.75) is 13.3 Å². The highest BCUT2D eigenvalue weighted by atomic mass is 35.5. The van der Waals surface area contributed by atoms with E-state index in [4.69, 9.17) is 16.3 Å². The Hall–Kier alpha value is -2.92. The monoisotopic (exact) mass is 385 g/mol. The molecule has 138 valence electrons. The number of hydrogen-bond acceptors (Lipinski definition) is 3. The van der Waals surface area contributed by atoms with E-state index in [-0.39, 0.29) is 24.4 Å². The van der Waals surface area contributed by atoms with E-state index in [2.05, 4.69) is 4.98 Å². The van der Waals surface area contributed by atoms with E-state index >= 15 is 0 Å². The summed E-state index contributed by atoms with van der Waals surface area (Å²) in [6, 6.07) is 13.3. The Morgan fingerprint density at radius 2 is 1.81 bits per heavy atom. The number of ether oxygens (including phenoxy) is 1. The van der Waals surface area contributed by atoms with Crippen LogP contribution >= 0.6 is 11.6 Å². The summed E-state index contributed by atoms with van der Waals surface area (Å²) in [6.07, 6.45) is 1.77. The first-order valence-electron chi connectivity index (χ1n) is 8.30. The molecule has 1 N–H and O–H groups in total. The SMILES string of the molecule is CC(=O)COc1ccc(-c2c[nH]c(=O)c(Cc3ccc(Cl)cc3F)c2)cc1. The van der Waals surface area contributed by atoms with Gasteiger partial charge < -0.3 is 9.72 Å². The van der Waals surface area contributed by atoms with E-state index < -0.39 is 5.82 Å². The van der Waals surface area contributed by atoms with Crippen LogP contribution in [0.15, 0.2) is 59.5 Å². The average Bonchev–Trinajstić information content (AvgIpc) is 2.64. The average molecular weight is 386 g/mol. The fourth-order valence-electron chi connectivity index (χ4n) is 2.63. The largest absolute Gasteiger partial charge is 0.486 e. The van der Waals surface area contributed by atoms with E-state index in [1.807, 2.05) is 12.1 Å². The van der Waals surface area contributed by atoms with Gasteiger partial charge in [-0.2, -0.15) is 0 Å². The fourth-order valence-corrected chi connectivity index (χ4v) is 2.79. The van der Waals surface area contributed by atoms with Gasteiger partial charge in [0.05, 0.1) is 0 Å². The number of benzene rings is 2. The molecule has 3 aromatic rings. The molecule has 0 bridgehead atoms. The number of carbonyl (C=O) groups is 1. The van der Waals surface area contributed by atoms with Crippen LogP contribution in [0.1, 0.15) is 18.1 Å². The lowest BCUT2D eigenvalue weighted by Gasteiger charge is -2.08. The smallest absolute Gasteiger partial charge is 0.251 e. The molecule has 6 heteroatoms. The van der Waals surface area contributed by atoms with Gasteiger partial charge in [0, 0.05) is 23.2 Å². The van der Waals surface area contributed by atoms with Crippen molar-refractivity contribution in [3.8, 4) is 16.9 Å². The van der Waals surface area contributed by atoms with E-state index in [1.165, 1.54) is 13.0 Å². The Kier molecular flexibility index (Phi) is 5.72. The van der Waals surface area contributed by atoms with Crippen molar-refractivity contribution in [3.63, 3.8) is 0 Å². The minimum Gasteiger partial charge on any atom is -0.486 e. The van der Waals surface area contributed by atoms with Crippen molar-refractivity contribution in [1.82, 2.24) is 4.98 Å². The Bertz CT molecular complexity index is 1030. The molecule has 0 atom stereocenters. The van der Waals surface area contributed by atoms with Crippen molar-refractivity contribution in [2.24, 2.45) is 0 Å². The Morgan fingerprint density at radius 3 is 2.48 bits per heavy atom. The number of rotatable bonds is 6. The molecule has 27 heavy (non-hydrogen) atoms. The molecule has 0 aliphatic rings. The predicted molar refractivity (Wildman–Crippen MR) is 103 cm³/mol. The van der Waals surface area contributed by atoms with Crippen LogP contribution < -0.4 is 10.3 Å². The first-order valence-corrected chi connectivity index (χ1v) is 8.68. The van der Waals surface area contributed by atoms with Gasteiger partial charge in [-0.25, -0.2) is 4.39 Å². The summed E-state index contributed by atoms with van der Waals surface area (Å²) in [7, 11) is 0. The number of aromatic amines is 1. The maximum atomic E-state index is 14.0. The third-order valence-electron chi connectivity index (χ3n) is 4.01. The van der Waals surface area contributed by atoms with Crippen molar-refractivity contribution in [1.29, 1.82) is 0 Å². The summed E-state index contributed by atoms with van der Waals surface area (Å²) in [5.74, 6) is 0.0832. The Morgan fingerprint density at radius 1 is 1.07 bits per heavy atom. The number of aromatic nitrogens is 1. The zero-order valence-electron chi connectivity index (χ0n) is 14.6. The molecule has 4 nitrogen and oxygen atoms in total. The zero-order chi connectivity index (χ0) is 19.4. The van der Waals surface area contributed by atoms with Crippen molar-refractivity contribution in [2.75, 3.05) is 6.61 Å². The van der Waals surface area contributed by atoms with Crippen LogP contribution in [0.25, 0.3) is 11.1 Å². The highest BCUT2D eigenvalue weighted by Crippen LogP contribution is 2.23. The molecule has 0 fully saturated rings. The number of hydrogen-bond donors (Lipinski definition) is 1. The molecule has 0 radical (unpaired) electrons. The van der Waals surface area contributed by atoms with Crippen LogP contribution in [0.2, 0.25) is 5.02 Å². The molecule has 0 unspecified atom stereocenters. The second-order valence-electron chi connectivity index (χ2n) is 6.17. The lowest BCUT2D eigenvalue weighted by Crippen LogP contribution is -2.13. The van der Waals surface area contributed by atoms with Gasteiger partial charge in [0.25, 0.3) is 5.56 Å². The maximum Gasteiger partial charge on any atom is 0.251 e. The highest BCUT2D eigenvalue weighted by Gasteiger charge is 2.09. The van der Waals surface area contributed by atoms with Crippen LogP contribution in [-0.2, 0) is 11.2 Å². The molecule has 1 aromatic heterocycles. The summed E-state index contributed by atoms with van der Waals surface area (Å²) < 4.78 is 19.4. The first-order chi connectivity index (χ1) is 12.9. The van der Waals surface area contributed by atoms with Crippen molar-refractivity contribution >= 4 is 17.4 Å². The van der Waals surface area contributed by atoms with Crippen molar-refractivity contribution < 1.29 is 13.9 Å². The topological polar surface area (TPSA) is 59.2 Å². The van der Waals surface area contributed by atoms with Gasteiger partial charge >= 0.3 is 0 Å². The third kappa shape index (κ3) is 4.83. The Balaban J connectivity index is 1.84. The van der Waals surface area contributed by atoms with Gasteiger partial charge in [-0.1, -0.05) is 29.8 Å². The van der Waals surface area contributed by atoms with Crippen LogP contribution in [0, 0.1) is 5.82 Å². The number of H-pyrrole nitrogens is 1. The lowest BCUT2D eigenvalue weighted by atomic mass is 10.0. The molecule has 0 spiro atoms. The number of pyridine rings is 1. The fraction of sp³-hybridized carbons (Fsp3) is 0.143. The minimum absolute atomic E-state index is 0.0226. The summed E-state index contributed by atoms with van der Waals surface area (Å²) in [4.78, 5) is 25.8. The quantitative estimate of drug-likeness (QED) is 0.684. The van der Waals surface area contributed by atoms with Gasteiger partial charge in [0.2, 0.25) is 0 Å². The highest BCUT2D eigenvalue weighted by molar-refractivity contribution is 6.30. The summed E-state index contributed by atoms with van der Waals surface area (Å²) in [6.45, 7) is 1.48. The van der Waals surface area contributed by atoms with Gasteiger partial charge in [0.15, 0.2) is 5.78 Å². The summed E-state index contributed by atoms with van der Waals surface area (Å²) >= 11 is 5.77. The third-order valence-corrected chi connectivity index (χ3v) is 4.24. The molecule has 1 heterocycles. The van der Waals surface area contributed by atoms with Crippen LogP contribution in [0.5, 0.6) is 5.75 Å². The van der Waals surface area contributed by atoms with E-state index in [9.17, 15) is 14.0 Å². The predicted octanol–water partition coefficient (Wildman–Crippen LogP) is 4.39. The first kappa shape index (κ1) is 18.9. The number of Topliss-reactive ketones (excluding diaryl/α,β-unsaturated/α-hetero) is 1. The van der Waals surface area contributed by atoms with Crippen LogP contribution in [-0.4, -0.2) is 17.4 Å². The second-order valence-corrected chi connectivity index (χ2v) is 6.61. The number of nitrogens with one attached hydrogen (secondary N) is 1. The van der Waals surface area contributed by atoms with Gasteiger partial charge in [-0.05, 0) is 53.9 Å². The molecular weight excluding hydrogens is 369 g/mol. The van der Waals surface area contributed by atoms with E-state index in [0.717, 1.165) is 11.1 Å². The Labute approximate surface area is 160 Å². The minimum atomic E-state index is -0.445. The molecule has 0 amide bonds. The second kappa shape index (κ2) is 8.18. The molecule has 3 rings (SSSR count). The maximum absolute atomic E-state index is 14.0. The van der Waals surface area contributed by atoms with Crippen LogP contribution in [0.4, 0.5) is 4.39 Å². The standard InChI is InChI=1S/C21H17ClFNO3/c1-13(25)12-27-19-6-3-14(4-7-19)17-9-16(21(26)24-11-17)8-15-2-5-18(22)10-20(15)23/h2-7,9-11H,8,12H2,1H3,(H,24,26). The summed E-state index contributed by atoms with van der Waals surface area (Å²) in [5, 5.41) is 0.311. The molecule has 0 saturated carbocycles. The van der Waals surface area contributed by atoms with E-state index in [0.29, 0.717) is 21.9 Å². The number of ketones is 1. The van der Waals surface area contributed by atoms with Crippen LogP contribution in [0.3, 0.4) is 0 Å². The van der Waals surface area contributed by atoms with Gasteiger partial charge in [-0.15, -0.1) is 0 Å². The molecule has 0 aliphatic heterocycles. The molecule has 0 saturated heterocycles. The zero-order valence-corrected chi connectivity index (χ0v) is 15.3. The summed E-state index contributed by atoms with van der Waals surface area (Å²) in [5.41, 5.74) is 2.23. The number of halogens is 2. The lowest BCUT2D eigenvalue weighted by molar-refractivity contribution is -0.118. The number of carbonyl (C=O) groups excluding carboxylic acids is 1. The molecule has 0 aliphatic carbocycles. The van der Waals surface area contributed by atoms with Crippen molar-refractivity contribution in [3.05, 3.63) is 87.0 Å². The van der Waals surface area contributed by atoms with Gasteiger partial charge in [-0.3, -0.25) is 9.59 Å².